The lowest BCUT2D eigenvalue weighted by molar-refractivity contribution is 0.962. The summed E-state index contributed by atoms with van der Waals surface area (Å²) in [6.45, 7) is 4.22. The zero-order valence-electron chi connectivity index (χ0n) is 11.9. The van der Waals surface area contributed by atoms with Crippen LogP contribution in [0.2, 0.25) is 10.6 Å². The summed E-state index contributed by atoms with van der Waals surface area (Å²) < 4.78 is 0. The van der Waals surface area contributed by atoms with E-state index in [0.717, 1.165) is 18.5 Å². The lowest BCUT2D eigenvalue weighted by atomic mass is 10.1. The Morgan fingerprint density at radius 1 is 1.14 bits per heavy atom. The first-order valence-corrected chi connectivity index (χ1v) is 7.45. The van der Waals surface area contributed by atoms with E-state index in [1.165, 1.54) is 11.1 Å². The van der Waals surface area contributed by atoms with Crippen molar-refractivity contribution in [1.82, 2.24) is 15.0 Å². The molecule has 6 heteroatoms. The summed E-state index contributed by atoms with van der Waals surface area (Å²) >= 11 is 11.5. The highest BCUT2D eigenvalue weighted by atomic mass is 35.5. The first-order valence-electron chi connectivity index (χ1n) is 6.70. The summed E-state index contributed by atoms with van der Waals surface area (Å²) in [6, 6.07) is 6.04. The van der Waals surface area contributed by atoms with Gasteiger partial charge < -0.3 is 5.32 Å². The van der Waals surface area contributed by atoms with Gasteiger partial charge in [0, 0.05) is 5.69 Å². The average Bonchev–Trinajstić information content (AvgIpc) is 2.40. The maximum Gasteiger partial charge on any atom is 0.232 e. The van der Waals surface area contributed by atoms with Gasteiger partial charge in [0.05, 0.1) is 0 Å². The molecule has 0 bridgehead atoms. The SMILES string of the molecule is CCC/C=C\c1ccc(Nc2nc(Cl)nc(Cl)n2)cc1C. The summed E-state index contributed by atoms with van der Waals surface area (Å²) in [6.07, 6.45) is 6.55. The molecule has 0 saturated heterocycles. The summed E-state index contributed by atoms with van der Waals surface area (Å²) in [4.78, 5) is 11.7. The lowest BCUT2D eigenvalue weighted by Gasteiger charge is -2.08. The van der Waals surface area contributed by atoms with Gasteiger partial charge in [0.15, 0.2) is 0 Å². The third-order valence-corrected chi connectivity index (χ3v) is 3.20. The van der Waals surface area contributed by atoms with Crippen molar-refractivity contribution >= 4 is 40.9 Å². The molecule has 1 N–H and O–H groups in total. The summed E-state index contributed by atoms with van der Waals surface area (Å²) in [5, 5.41) is 3.19. The molecular formula is C15H16Cl2N4. The zero-order valence-corrected chi connectivity index (χ0v) is 13.4. The van der Waals surface area contributed by atoms with Crippen molar-refractivity contribution in [1.29, 1.82) is 0 Å². The molecule has 4 nitrogen and oxygen atoms in total. The van der Waals surface area contributed by atoms with Crippen molar-refractivity contribution < 1.29 is 0 Å². The number of hydrogen-bond donors (Lipinski definition) is 1. The second-order valence-corrected chi connectivity index (χ2v) is 5.26. The molecule has 2 aromatic rings. The van der Waals surface area contributed by atoms with Crippen molar-refractivity contribution in [2.75, 3.05) is 5.32 Å². The molecule has 0 radical (unpaired) electrons. The van der Waals surface area contributed by atoms with Crippen LogP contribution < -0.4 is 5.32 Å². The lowest BCUT2D eigenvalue weighted by Crippen LogP contribution is -1.99. The fourth-order valence-corrected chi connectivity index (χ4v) is 2.19. The highest BCUT2D eigenvalue weighted by Crippen LogP contribution is 2.20. The predicted molar refractivity (Wildman–Crippen MR) is 88.3 cm³/mol. The molecule has 0 aliphatic rings. The van der Waals surface area contributed by atoms with Crippen molar-refractivity contribution in [3.63, 3.8) is 0 Å². The highest BCUT2D eigenvalue weighted by molar-refractivity contribution is 6.31. The fraction of sp³-hybridized carbons (Fsp3) is 0.267. The van der Waals surface area contributed by atoms with Gasteiger partial charge in [-0.2, -0.15) is 15.0 Å². The molecule has 110 valence electrons. The molecule has 1 aromatic heterocycles. The number of anilines is 2. The molecule has 1 heterocycles. The number of aryl methyl sites for hydroxylation is 1. The molecule has 0 spiro atoms. The van der Waals surface area contributed by atoms with Gasteiger partial charge in [-0.1, -0.05) is 31.6 Å². The van der Waals surface area contributed by atoms with Gasteiger partial charge in [0.25, 0.3) is 0 Å². The fourth-order valence-electron chi connectivity index (χ4n) is 1.83. The van der Waals surface area contributed by atoms with Crippen LogP contribution in [0.3, 0.4) is 0 Å². The van der Waals surface area contributed by atoms with Crippen LogP contribution in [0.5, 0.6) is 0 Å². The average molecular weight is 323 g/mol. The summed E-state index contributed by atoms with van der Waals surface area (Å²) in [5.74, 6) is 0.327. The van der Waals surface area contributed by atoms with Gasteiger partial charge in [-0.05, 0) is 59.8 Å². The number of nitrogens with one attached hydrogen (secondary N) is 1. The van der Waals surface area contributed by atoms with E-state index < -0.39 is 0 Å². The Labute approximate surface area is 134 Å². The summed E-state index contributed by atoms with van der Waals surface area (Å²) in [7, 11) is 0. The first-order chi connectivity index (χ1) is 10.1. The third kappa shape index (κ3) is 4.69. The number of benzene rings is 1. The molecule has 0 aliphatic heterocycles. The van der Waals surface area contributed by atoms with E-state index in [1.54, 1.807) is 0 Å². The predicted octanol–water partition coefficient (Wildman–Crippen LogP) is 5.04. The van der Waals surface area contributed by atoms with Crippen molar-refractivity contribution in [2.45, 2.75) is 26.7 Å². The Bertz CT molecular complexity index is 636. The van der Waals surface area contributed by atoms with Crippen LogP contribution in [0.15, 0.2) is 24.3 Å². The van der Waals surface area contributed by atoms with E-state index in [4.69, 9.17) is 23.2 Å². The maximum atomic E-state index is 5.75. The number of aromatic nitrogens is 3. The van der Waals surface area contributed by atoms with Crippen LogP contribution in [-0.4, -0.2) is 15.0 Å². The van der Waals surface area contributed by atoms with Crippen molar-refractivity contribution in [3.8, 4) is 0 Å². The molecule has 0 aliphatic carbocycles. The number of hydrogen-bond acceptors (Lipinski definition) is 4. The Morgan fingerprint density at radius 3 is 2.48 bits per heavy atom. The van der Waals surface area contributed by atoms with Gasteiger partial charge in [-0.3, -0.25) is 0 Å². The number of halogens is 2. The quantitative estimate of drug-likeness (QED) is 0.837. The standard InChI is InChI=1S/C15H16Cl2N4/c1-3-4-5-6-11-7-8-12(9-10(11)2)18-15-20-13(16)19-14(17)21-15/h5-9H,3-4H2,1-2H3,(H,18,19,20,21)/b6-5-. The molecule has 0 atom stereocenters. The molecule has 1 aromatic carbocycles. The number of unbranched alkanes of at least 4 members (excludes halogenated alkanes) is 1. The molecule has 2 rings (SSSR count). The van der Waals surface area contributed by atoms with Gasteiger partial charge in [-0.15, -0.1) is 0 Å². The van der Waals surface area contributed by atoms with E-state index in [2.05, 4.69) is 46.3 Å². The minimum atomic E-state index is 0.0633. The summed E-state index contributed by atoms with van der Waals surface area (Å²) in [5.41, 5.74) is 3.23. The molecule has 0 saturated carbocycles. The minimum absolute atomic E-state index is 0.0633. The van der Waals surface area contributed by atoms with E-state index in [1.807, 2.05) is 18.2 Å². The second-order valence-electron chi connectivity index (χ2n) is 4.58. The van der Waals surface area contributed by atoms with Gasteiger partial charge in [0.2, 0.25) is 16.5 Å². The van der Waals surface area contributed by atoms with Crippen molar-refractivity contribution in [3.05, 3.63) is 46.0 Å². The smallest absolute Gasteiger partial charge is 0.232 e. The van der Waals surface area contributed by atoms with E-state index in [0.29, 0.717) is 5.95 Å². The second kappa shape index (κ2) is 7.38. The van der Waals surface area contributed by atoms with Crippen LogP contribution in [0, 0.1) is 6.92 Å². The van der Waals surface area contributed by atoms with Crippen LogP contribution >= 0.6 is 23.2 Å². The Morgan fingerprint density at radius 2 is 1.86 bits per heavy atom. The van der Waals surface area contributed by atoms with Gasteiger partial charge in [0.1, 0.15) is 0 Å². The number of allylic oxidation sites excluding steroid dienone is 1. The van der Waals surface area contributed by atoms with E-state index >= 15 is 0 Å². The first kappa shape index (κ1) is 15.7. The number of rotatable bonds is 5. The largest absolute Gasteiger partial charge is 0.324 e. The molecule has 0 amide bonds. The van der Waals surface area contributed by atoms with Crippen LogP contribution in [-0.2, 0) is 0 Å². The highest BCUT2D eigenvalue weighted by Gasteiger charge is 2.04. The molecule has 0 unspecified atom stereocenters. The Hall–Kier alpha value is -1.65. The van der Waals surface area contributed by atoms with Gasteiger partial charge >= 0.3 is 0 Å². The van der Waals surface area contributed by atoms with E-state index in [9.17, 15) is 0 Å². The zero-order chi connectivity index (χ0) is 15.2. The van der Waals surface area contributed by atoms with E-state index in [-0.39, 0.29) is 10.6 Å². The maximum absolute atomic E-state index is 5.75. The number of nitrogens with zero attached hydrogens (tertiary/aromatic N) is 3. The Balaban J connectivity index is 2.16. The normalized spacial score (nSPS) is 11.0. The van der Waals surface area contributed by atoms with Gasteiger partial charge in [-0.25, -0.2) is 0 Å². The van der Waals surface area contributed by atoms with Crippen LogP contribution in [0.4, 0.5) is 11.6 Å². The monoisotopic (exact) mass is 322 g/mol. The van der Waals surface area contributed by atoms with Crippen LogP contribution in [0.25, 0.3) is 6.08 Å². The minimum Gasteiger partial charge on any atom is -0.324 e. The topological polar surface area (TPSA) is 50.7 Å². The van der Waals surface area contributed by atoms with Crippen LogP contribution in [0.1, 0.15) is 30.9 Å². The van der Waals surface area contributed by atoms with Crippen molar-refractivity contribution in [2.24, 2.45) is 0 Å². The third-order valence-electron chi connectivity index (χ3n) is 2.86. The molecule has 0 fully saturated rings. The molecule has 21 heavy (non-hydrogen) atoms. The molecular weight excluding hydrogens is 307 g/mol. The Kier molecular flexibility index (Phi) is 5.53.